The summed E-state index contributed by atoms with van der Waals surface area (Å²) in [5.74, 6) is -0.613. The van der Waals surface area contributed by atoms with Crippen LogP contribution in [0, 0.1) is 5.82 Å². The topological polar surface area (TPSA) is 111 Å². The Kier molecular flexibility index (Phi) is 6.58. The number of methoxy groups -OCH3 is 2. The highest BCUT2D eigenvalue weighted by Crippen LogP contribution is 2.40. The molecular formula is C21H21FN4O5S2. The summed E-state index contributed by atoms with van der Waals surface area (Å²) in [6.45, 7) is 0.281. The lowest BCUT2D eigenvalue weighted by Gasteiger charge is -2.23. The molecule has 4 rings (SSSR count). The quantitative estimate of drug-likeness (QED) is 0.538. The lowest BCUT2D eigenvalue weighted by molar-refractivity contribution is 0.102. The normalized spacial score (nSPS) is 16.5. The molecule has 0 radical (unpaired) electrons. The maximum atomic E-state index is 13.8. The van der Waals surface area contributed by atoms with Gasteiger partial charge in [0.05, 0.1) is 25.9 Å². The minimum Gasteiger partial charge on any atom is -0.497 e. The molecular weight excluding hydrogens is 471 g/mol. The van der Waals surface area contributed by atoms with Gasteiger partial charge in [0.2, 0.25) is 15.0 Å². The fourth-order valence-electron chi connectivity index (χ4n) is 3.59. The summed E-state index contributed by atoms with van der Waals surface area (Å²) in [5, 5.41) is 10.8. The van der Waals surface area contributed by atoms with E-state index in [2.05, 4.69) is 15.5 Å². The van der Waals surface area contributed by atoms with E-state index in [1.165, 1.54) is 48.9 Å². The Hall–Kier alpha value is -3.09. The second-order valence-corrected chi connectivity index (χ2v) is 10.0. The molecule has 1 aliphatic rings. The van der Waals surface area contributed by atoms with Gasteiger partial charge in [0.1, 0.15) is 27.2 Å². The second-order valence-electron chi connectivity index (χ2n) is 7.17. The number of carbonyl (C=O) groups is 1. The van der Waals surface area contributed by atoms with E-state index in [4.69, 9.17) is 9.47 Å². The average molecular weight is 493 g/mol. The number of nitrogens with one attached hydrogen (secondary N) is 1. The first-order valence-corrected chi connectivity index (χ1v) is 12.2. The summed E-state index contributed by atoms with van der Waals surface area (Å²) in [7, 11) is -1.11. The molecule has 1 amide bonds. The van der Waals surface area contributed by atoms with Gasteiger partial charge >= 0.3 is 0 Å². The monoisotopic (exact) mass is 492 g/mol. The van der Waals surface area contributed by atoms with Gasteiger partial charge in [-0.05, 0) is 37.1 Å². The number of para-hydroxylation sites is 1. The molecule has 2 heterocycles. The first-order chi connectivity index (χ1) is 15.8. The number of anilines is 1. The van der Waals surface area contributed by atoms with Gasteiger partial charge in [-0.3, -0.25) is 4.79 Å². The summed E-state index contributed by atoms with van der Waals surface area (Å²) in [4.78, 5) is 12.5. The number of nitrogens with zero attached hydrogens (tertiary/aromatic N) is 3. The number of benzene rings is 2. The van der Waals surface area contributed by atoms with Crippen LogP contribution in [0.5, 0.6) is 11.5 Å². The van der Waals surface area contributed by atoms with Gasteiger partial charge in [0.15, 0.2) is 0 Å². The molecule has 2 aromatic carbocycles. The zero-order chi connectivity index (χ0) is 23.6. The van der Waals surface area contributed by atoms with Crippen LogP contribution in [0.15, 0.2) is 47.4 Å². The number of aromatic nitrogens is 2. The molecule has 1 aromatic heterocycles. The van der Waals surface area contributed by atoms with Crippen molar-refractivity contribution in [3.05, 3.63) is 58.3 Å². The Morgan fingerprint density at radius 2 is 1.97 bits per heavy atom. The maximum Gasteiger partial charge on any atom is 0.286 e. The maximum absolute atomic E-state index is 13.8. The molecule has 174 valence electrons. The minimum absolute atomic E-state index is 0.0106. The summed E-state index contributed by atoms with van der Waals surface area (Å²) in [6, 6.07) is 9.75. The van der Waals surface area contributed by atoms with E-state index in [0.717, 1.165) is 11.3 Å². The Bertz CT molecular complexity index is 1280. The van der Waals surface area contributed by atoms with Gasteiger partial charge in [0.25, 0.3) is 5.91 Å². The van der Waals surface area contributed by atoms with Crippen molar-refractivity contribution in [2.75, 3.05) is 26.1 Å². The van der Waals surface area contributed by atoms with Crippen molar-refractivity contribution < 1.29 is 27.1 Å². The molecule has 12 heteroatoms. The minimum atomic E-state index is -3.96. The van der Waals surface area contributed by atoms with Crippen molar-refractivity contribution in [3.63, 3.8) is 0 Å². The predicted octanol–water partition coefficient (Wildman–Crippen LogP) is 3.47. The third-order valence-corrected chi connectivity index (χ3v) is 8.16. The largest absolute Gasteiger partial charge is 0.497 e. The third kappa shape index (κ3) is 4.54. The van der Waals surface area contributed by atoms with E-state index in [0.29, 0.717) is 23.6 Å². The number of hydrogen-bond acceptors (Lipinski definition) is 8. The molecule has 0 bridgehead atoms. The molecule has 1 fully saturated rings. The summed E-state index contributed by atoms with van der Waals surface area (Å²) in [5.41, 5.74) is 0.0226. The zero-order valence-corrected chi connectivity index (χ0v) is 19.5. The van der Waals surface area contributed by atoms with Crippen LogP contribution in [0.4, 0.5) is 10.1 Å². The Balaban J connectivity index is 1.60. The van der Waals surface area contributed by atoms with E-state index in [1.54, 1.807) is 12.1 Å². The Labute approximate surface area is 194 Å². The van der Waals surface area contributed by atoms with Crippen LogP contribution in [-0.2, 0) is 10.0 Å². The SMILES string of the molecule is COc1ccc(OC)c(S(=O)(=O)N2CCCC2c2nnc(C(=O)Nc3ccccc3F)s2)c1. The molecule has 1 atom stereocenters. The predicted molar refractivity (Wildman–Crippen MR) is 120 cm³/mol. The van der Waals surface area contributed by atoms with Crippen molar-refractivity contribution in [1.82, 2.24) is 14.5 Å². The van der Waals surface area contributed by atoms with Crippen LogP contribution in [0.1, 0.15) is 33.7 Å². The number of ether oxygens (including phenoxy) is 2. The number of rotatable bonds is 7. The van der Waals surface area contributed by atoms with Crippen molar-refractivity contribution in [3.8, 4) is 11.5 Å². The number of halogens is 1. The smallest absolute Gasteiger partial charge is 0.286 e. The fraction of sp³-hybridized carbons (Fsp3) is 0.286. The zero-order valence-electron chi connectivity index (χ0n) is 17.8. The van der Waals surface area contributed by atoms with Gasteiger partial charge in [-0.15, -0.1) is 10.2 Å². The molecule has 33 heavy (non-hydrogen) atoms. The first kappa shape index (κ1) is 23.1. The van der Waals surface area contributed by atoms with Crippen LogP contribution in [0.25, 0.3) is 0 Å². The van der Waals surface area contributed by atoms with Crippen molar-refractivity contribution in [2.45, 2.75) is 23.8 Å². The van der Waals surface area contributed by atoms with Gasteiger partial charge < -0.3 is 14.8 Å². The molecule has 1 saturated heterocycles. The number of carbonyl (C=O) groups excluding carboxylic acids is 1. The fourth-order valence-corrected chi connectivity index (χ4v) is 6.37. The van der Waals surface area contributed by atoms with Gasteiger partial charge in [-0.25, -0.2) is 12.8 Å². The molecule has 0 saturated carbocycles. The molecule has 1 aliphatic heterocycles. The third-order valence-electron chi connectivity index (χ3n) is 5.20. The van der Waals surface area contributed by atoms with Crippen LogP contribution in [0.3, 0.4) is 0 Å². The van der Waals surface area contributed by atoms with E-state index < -0.39 is 27.8 Å². The molecule has 1 unspecified atom stereocenters. The van der Waals surface area contributed by atoms with E-state index >= 15 is 0 Å². The van der Waals surface area contributed by atoms with Crippen LogP contribution < -0.4 is 14.8 Å². The van der Waals surface area contributed by atoms with E-state index in [-0.39, 0.29) is 27.9 Å². The highest BCUT2D eigenvalue weighted by atomic mass is 32.2. The average Bonchev–Trinajstić information content (AvgIpc) is 3.50. The second kappa shape index (κ2) is 9.41. The summed E-state index contributed by atoms with van der Waals surface area (Å²) in [6.07, 6.45) is 1.14. The van der Waals surface area contributed by atoms with Gasteiger partial charge in [-0.1, -0.05) is 23.5 Å². The van der Waals surface area contributed by atoms with Crippen molar-refractivity contribution in [1.29, 1.82) is 0 Å². The van der Waals surface area contributed by atoms with Gasteiger partial charge in [0, 0.05) is 12.6 Å². The van der Waals surface area contributed by atoms with Crippen LogP contribution in [0.2, 0.25) is 0 Å². The lowest BCUT2D eigenvalue weighted by atomic mass is 10.2. The molecule has 0 spiro atoms. The molecule has 3 aromatic rings. The van der Waals surface area contributed by atoms with E-state index in [1.807, 2.05) is 0 Å². The lowest BCUT2D eigenvalue weighted by Crippen LogP contribution is -2.31. The summed E-state index contributed by atoms with van der Waals surface area (Å²) >= 11 is 0.977. The number of sulfonamides is 1. The van der Waals surface area contributed by atoms with Crippen molar-refractivity contribution >= 4 is 33.0 Å². The number of hydrogen-bond donors (Lipinski definition) is 1. The molecule has 1 N–H and O–H groups in total. The van der Waals surface area contributed by atoms with Crippen molar-refractivity contribution in [2.24, 2.45) is 0 Å². The van der Waals surface area contributed by atoms with E-state index in [9.17, 15) is 17.6 Å². The highest BCUT2D eigenvalue weighted by Gasteiger charge is 2.40. The molecule has 9 nitrogen and oxygen atoms in total. The van der Waals surface area contributed by atoms with Crippen LogP contribution in [-0.4, -0.2) is 49.6 Å². The Morgan fingerprint density at radius 3 is 2.70 bits per heavy atom. The first-order valence-electron chi connectivity index (χ1n) is 9.98. The summed E-state index contributed by atoms with van der Waals surface area (Å²) < 4.78 is 52.6. The molecule has 0 aliphatic carbocycles. The standard InChI is InChI=1S/C21H21FN4O5S2/c1-30-13-9-10-17(31-2)18(12-13)33(28,29)26-11-5-8-16(26)20-24-25-21(32-20)19(27)23-15-7-4-3-6-14(15)22/h3-4,6-7,9-10,12,16H,5,8,11H2,1-2H3,(H,23,27). The van der Waals surface area contributed by atoms with Crippen LogP contribution >= 0.6 is 11.3 Å². The van der Waals surface area contributed by atoms with Gasteiger partial charge in [-0.2, -0.15) is 4.31 Å². The number of amides is 1. The highest BCUT2D eigenvalue weighted by molar-refractivity contribution is 7.89. The Morgan fingerprint density at radius 1 is 1.18 bits per heavy atom.